The van der Waals surface area contributed by atoms with Crippen LogP contribution in [-0.4, -0.2) is 6.94 Å². The topological polar surface area (TPSA) is 0 Å². The minimum atomic E-state index is -3.66. The van der Waals surface area contributed by atoms with Gasteiger partial charge in [0.05, 0.1) is 0 Å². The molecular formula is C24H26Cl2F2HfSi. The Morgan fingerprint density at radius 3 is 1.50 bits per heavy atom. The molecule has 30 heavy (non-hydrogen) atoms. The quantitative estimate of drug-likeness (QED) is 0.314. The zero-order chi connectivity index (χ0) is 20.0. The van der Waals surface area contributed by atoms with Gasteiger partial charge in [-0.25, -0.2) is 0 Å². The third kappa shape index (κ3) is 4.57. The number of halogens is 4. The number of hydrogen-bond donors (Lipinski definition) is 0. The van der Waals surface area contributed by atoms with Crippen molar-refractivity contribution in [3.63, 3.8) is 0 Å². The summed E-state index contributed by atoms with van der Waals surface area (Å²) < 4.78 is 35.7. The molecule has 0 aromatic heterocycles. The van der Waals surface area contributed by atoms with E-state index in [-0.39, 0.29) is 36.4 Å². The van der Waals surface area contributed by atoms with Crippen LogP contribution in [0.4, 0.5) is 8.78 Å². The predicted octanol–water partition coefficient (Wildman–Crippen LogP) is 7.18. The van der Waals surface area contributed by atoms with Crippen molar-refractivity contribution in [1.82, 2.24) is 0 Å². The standard InChI is InChI=1S/2C11H8F.2CH3.2ClH.Hf.H2Si/c2*12-11-7-3-6-10(8-11)9-4-1-2-5-9;;;;;;/h2*1,3-4,6-8H,2H2;2*1H3;2*1H;;1H2. The van der Waals surface area contributed by atoms with Crippen molar-refractivity contribution in [3.8, 4) is 0 Å². The van der Waals surface area contributed by atoms with E-state index in [1.165, 1.54) is 29.9 Å². The van der Waals surface area contributed by atoms with Gasteiger partial charge in [-0.1, -0.05) is 0 Å². The van der Waals surface area contributed by atoms with Crippen molar-refractivity contribution in [1.29, 1.82) is 0 Å². The summed E-state index contributed by atoms with van der Waals surface area (Å²) >= 11 is -3.66. The summed E-state index contributed by atoms with van der Waals surface area (Å²) in [4.78, 5) is 0. The van der Waals surface area contributed by atoms with Gasteiger partial charge in [0.15, 0.2) is 0 Å². The first-order valence-electron chi connectivity index (χ1n) is 9.64. The van der Waals surface area contributed by atoms with E-state index >= 15 is 0 Å². The first kappa shape index (κ1) is 25.2. The molecule has 6 heteroatoms. The molecule has 0 atom stereocenters. The van der Waals surface area contributed by atoms with Crippen molar-refractivity contribution >= 4 is 42.9 Å². The third-order valence-electron chi connectivity index (χ3n) is 6.07. The van der Waals surface area contributed by atoms with E-state index in [2.05, 4.69) is 40.6 Å². The monoisotopic (exact) mass is 630 g/mol. The molecule has 2 aromatic carbocycles. The molecule has 0 fully saturated rings. The second kappa shape index (κ2) is 9.20. The molecule has 0 radical (unpaired) electrons. The number of benzene rings is 2. The SMILES string of the molecule is Cl.Cl.[CH3][Hf]([CH3])(=[SiH2])([C]1=C(c2cccc(F)c2)C=CC1)[C]1=C(c2cccc(F)c2)C=CC1. The summed E-state index contributed by atoms with van der Waals surface area (Å²) in [6.07, 6.45) is 10.6. The molecule has 0 saturated carbocycles. The second-order valence-corrected chi connectivity index (χ2v) is 49.7. The summed E-state index contributed by atoms with van der Waals surface area (Å²) in [5.74, 6) is -0.401. The van der Waals surface area contributed by atoms with Crippen molar-refractivity contribution < 1.29 is 25.9 Å². The van der Waals surface area contributed by atoms with Gasteiger partial charge in [0.1, 0.15) is 0 Å². The minimum absolute atomic E-state index is 0. The molecule has 0 saturated heterocycles. The summed E-state index contributed by atoms with van der Waals surface area (Å²) in [7, 11) is 0. The van der Waals surface area contributed by atoms with Crippen molar-refractivity contribution in [3.05, 3.63) is 102 Å². The summed E-state index contributed by atoms with van der Waals surface area (Å²) in [6.45, 7) is 2.19. The van der Waals surface area contributed by atoms with Gasteiger partial charge in [-0.2, -0.15) is 0 Å². The van der Waals surface area contributed by atoms with E-state index in [9.17, 15) is 8.78 Å². The Morgan fingerprint density at radius 2 is 1.13 bits per heavy atom. The van der Waals surface area contributed by atoms with Gasteiger partial charge < -0.3 is 0 Å². The van der Waals surface area contributed by atoms with Gasteiger partial charge in [-0.15, -0.1) is 24.8 Å². The first-order valence-corrected chi connectivity index (χ1v) is 28.7. The number of rotatable bonds is 4. The molecule has 2 aliphatic rings. The fourth-order valence-electron chi connectivity index (χ4n) is 4.56. The molecule has 0 heterocycles. The molecule has 0 nitrogen and oxygen atoms in total. The van der Waals surface area contributed by atoms with Gasteiger partial charge in [0.2, 0.25) is 0 Å². The zero-order valence-corrected chi connectivity index (χ0v) is 23.8. The Kier molecular flexibility index (Phi) is 7.72. The Balaban J connectivity index is 0.00000160. The van der Waals surface area contributed by atoms with E-state index in [4.69, 9.17) is 0 Å². The molecular weight excluding hydrogens is 604 g/mol. The van der Waals surface area contributed by atoms with Crippen molar-refractivity contribution in [2.75, 3.05) is 0 Å². The molecule has 0 amide bonds. The van der Waals surface area contributed by atoms with Crippen LogP contribution in [0.15, 0.2) is 79.5 Å². The van der Waals surface area contributed by atoms with Crippen LogP contribution in [0.3, 0.4) is 0 Å². The average molecular weight is 630 g/mol. The number of hydrogen-bond acceptors (Lipinski definition) is 0. The van der Waals surface area contributed by atoms with Crippen molar-refractivity contribution in [2.45, 2.75) is 22.2 Å². The second-order valence-electron chi connectivity index (χ2n) is 8.70. The Hall–Kier alpha value is -1.07. The van der Waals surface area contributed by atoms with E-state index in [0.29, 0.717) is 0 Å². The van der Waals surface area contributed by atoms with Crippen LogP contribution >= 0.6 is 24.8 Å². The van der Waals surface area contributed by atoms with Crippen LogP contribution in [0.25, 0.3) is 11.1 Å². The average Bonchev–Trinajstić information content (AvgIpc) is 3.32. The summed E-state index contributed by atoms with van der Waals surface area (Å²) in [6, 6.07) is 13.8. The van der Waals surface area contributed by atoms with Gasteiger partial charge in [-0.05, 0) is 0 Å². The van der Waals surface area contributed by atoms with Crippen LogP contribution in [0.2, 0.25) is 9.36 Å². The molecule has 0 spiro atoms. The molecule has 2 aromatic rings. The van der Waals surface area contributed by atoms with Gasteiger partial charge in [0.25, 0.3) is 0 Å². The van der Waals surface area contributed by atoms with Gasteiger partial charge in [0, 0.05) is 0 Å². The Labute approximate surface area is 192 Å². The summed E-state index contributed by atoms with van der Waals surface area (Å²) in [5, 5.41) is 0. The van der Waals surface area contributed by atoms with Crippen LogP contribution in [-0.2, 0) is 17.1 Å². The molecule has 0 unspecified atom stereocenters. The van der Waals surface area contributed by atoms with Gasteiger partial charge in [-0.3, -0.25) is 0 Å². The maximum atomic E-state index is 13.9. The van der Waals surface area contributed by atoms with E-state index in [1.807, 2.05) is 12.1 Å². The van der Waals surface area contributed by atoms with E-state index in [1.54, 1.807) is 24.3 Å². The molecule has 2 aliphatic carbocycles. The van der Waals surface area contributed by atoms with E-state index in [0.717, 1.165) is 24.0 Å². The van der Waals surface area contributed by atoms with Crippen molar-refractivity contribution in [2.24, 2.45) is 0 Å². The van der Waals surface area contributed by atoms with Gasteiger partial charge >= 0.3 is 168 Å². The third-order valence-corrected chi connectivity index (χ3v) is 30.4. The maximum absolute atomic E-state index is 13.9. The van der Waals surface area contributed by atoms with E-state index < -0.39 is 17.1 Å². The Bertz CT molecular complexity index is 1080. The first-order chi connectivity index (χ1) is 13.2. The molecule has 0 aliphatic heterocycles. The van der Waals surface area contributed by atoms with Crippen LogP contribution in [0.1, 0.15) is 24.0 Å². The van der Waals surface area contributed by atoms with Crippen LogP contribution in [0.5, 0.6) is 0 Å². The fourth-order valence-corrected chi connectivity index (χ4v) is 24.7. The fraction of sp³-hybridized carbons (Fsp3) is 0.167. The van der Waals surface area contributed by atoms with Crippen LogP contribution in [0, 0.1) is 11.6 Å². The normalized spacial score (nSPS) is 16.0. The predicted molar refractivity (Wildman–Crippen MR) is 129 cm³/mol. The molecule has 0 N–H and O–H groups in total. The molecule has 0 bridgehead atoms. The van der Waals surface area contributed by atoms with Crippen LogP contribution < -0.4 is 0 Å². The molecule has 158 valence electrons. The molecule has 4 rings (SSSR count). The number of allylic oxidation sites excluding steroid dienone is 8. The zero-order valence-electron chi connectivity index (χ0n) is 17.1. The summed E-state index contributed by atoms with van der Waals surface area (Å²) in [5.41, 5.74) is 4.29. The Morgan fingerprint density at radius 1 is 0.733 bits per heavy atom.